The largest absolute Gasteiger partial charge is 0.328 e. The van der Waals surface area contributed by atoms with Crippen molar-refractivity contribution in [2.75, 3.05) is 29.6 Å². The Morgan fingerprint density at radius 1 is 1.13 bits per heavy atom. The fraction of sp³-hybridized carbons (Fsp3) is 0.455. The van der Waals surface area contributed by atoms with E-state index < -0.39 is 0 Å². The molecule has 4 rings (SSSR count). The van der Waals surface area contributed by atoms with Gasteiger partial charge in [0.15, 0.2) is 10.9 Å². The van der Waals surface area contributed by atoms with Gasteiger partial charge in [-0.1, -0.05) is 43.2 Å². The lowest BCUT2D eigenvalue weighted by Gasteiger charge is -2.25. The number of carbonyl (C=O) groups excluding carboxylic acids is 1. The van der Waals surface area contributed by atoms with E-state index in [1.807, 2.05) is 55.1 Å². The van der Waals surface area contributed by atoms with Gasteiger partial charge in [0.05, 0.1) is 17.1 Å². The molecular weight excluding hydrogens is 396 g/mol. The van der Waals surface area contributed by atoms with E-state index >= 15 is 0 Å². The van der Waals surface area contributed by atoms with Gasteiger partial charge in [-0.05, 0) is 31.9 Å². The first-order chi connectivity index (χ1) is 14.5. The van der Waals surface area contributed by atoms with Gasteiger partial charge >= 0.3 is 0 Å². The number of thioether (sulfide) groups is 1. The summed E-state index contributed by atoms with van der Waals surface area (Å²) in [6.45, 7) is 1.97. The lowest BCUT2D eigenvalue weighted by Crippen LogP contribution is -2.26. The number of ketones is 1. The molecule has 1 aromatic heterocycles. The van der Waals surface area contributed by atoms with E-state index in [1.165, 1.54) is 31.0 Å². The molecule has 0 amide bonds. The van der Waals surface area contributed by atoms with Gasteiger partial charge in [0.1, 0.15) is 23.3 Å². The molecule has 1 aromatic carbocycles. The Hall–Kier alpha value is -2.79. The number of nitrogens with zero attached hydrogens (tertiary/aromatic N) is 6. The zero-order valence-corrected chi connectivity index (χ0v) is 18.4. The van der Waals surface area contributed by atoms with Gasteiger partial charge in [-0.3, -0.25) is 4.79 Å². The fourth-order valence-electron chi connectivity index (χ4n) is 4.47. The Bertz CT molecular complexity index is 999. The number of Topliss-reactive ketones (excluding diaryl/α,β-unsaturated/α-hetero) is 1. The van der Waals surface area contributed by atoms with Crippen LogP contribution in [0.25, 0.3) is 0 Å². The molecule has 2 heterocycles. The Balaban J connectivity index is 1.55. The van der Waals surface area contributed by atoms with E-state index in [2.05, 4.69) is 20.8 Å². The molecular formula is C22H26N6OS. The van der Waals surface area contributed by atoms with E-state index in [1.54, 1.807) is 0 Å². The lowest BCUT2D eigenvalue weighted by molar-refractivity contribution is -0.112. The molecule has 1 saturated carbocycles. The predicted octanol–water partition coefficient (Wildman–Crippen LogP) is 4.07. The molecule has 0 radical (unpaired) electrons. The highest BCUT2D eigenvalue weighted by atomic mass is 32.2. The number of allylic oxidation sites excluding steroid dienone is 1. The minimum Gasteiger partial charge on any atom is -0.328 e. The van der Waals surface area contributed by atoms with E-state index in [9.17, 15) is 10.1 Å². The minimum absolute atomic E-state index is 0.162. The molecule has 1 aliphatic carbocycles. The Morgan fingerprint density at radius 2 is 1.77 bits per heavy atom. The van der Waals surface area contributed by atoms with Crippen LogP contribution in [-0.4, -0.2) is 40.4 Å². The summed E-state index contributed by atoms with van der Waals surface area (Å²) in [5.41, 5.74) is 2.14. The topological polar surface area (TPSA) is 78.0 Å². The maximum atomic E-state index is 13.1. The van der Waals surface area contributed by atoms with E-state index in [4.69, 9.17) is 0 Å². The second-order valence-electron chi connectivity index (χ2n) is 7.82. The number of anilines is 2. The van der Waals surface area contributed by atoms with Crippen molar-refractivity contribution < 1.29 is 4.79 Å². The van der Waals surface area contributed by atoms with E-state index in [0.29, 0.717) is 11.9 Å². The van der Waals surface area contributed by atoms with Gasteiger partial charge in [0, 0.05) is 20.1 Å². The van der Waals surface area contributed by atoms with Gasteiger partial charge in [-0.15, -0.1) is 10.2 Å². The van der Waals surface area contributed by atoms with Gasteiger partial charge in [0.25, 0.3) is 0 Å². The Labute approximate surface area is 181 Å². The first-order valence-electron chi connectivity index (χ1n) is 10.3. The highest BCUT2D eigenvalue weighted by molar-refractivity contribution is 7.99. The number of benzene rings is 1. The molecule has 1 fully saturated rings. The molecule has 0 unspecified atom stereocenters. The van der Waals surface area contributed by atoms with Gasteiger partial charge < -0.3 is 14.4 Å². The van der Waals surface area contributed by atoms with Crippen LogP contribution in [0.3, 0.4) is 0 Å². The second kappa shape index (κ2) is 8.52. The van der Waals surface area contributed by atoms with Crippen LogP contribution in [0.1, 0.15) is 44.0 Å². The van der Waals surface area contributed by atoms with Crippen molar-refractivity contribution in [2.45, 2.75) is 50.2 Å². The fourth-order valence-corrected chi connectivity index (χ4v) is 5.39. The van der Waals surface area contributed by atoms with Crippen molar-refractivity contribution in [1.29, 1.82) is 5.26 Å². The van der Waals surface area contributed by atoms with Crippen molar-refractivity contribution >= 4 is 28.9 Å². The van der Waals surface area contributed by atoms with Crippen molar-refractivity contribution in [1.82, 2.24) is 14.8 Å². The van der Waals surface area contributed by atoms with Crippen molar-refractivity contribution in [3.8, 4) is 6.07 Å². The van der Waals surface area contributed by atoms with Crippen molar-refractivity contribution in [3.63, 3.8) is 0 Å². The van der Waals surface area contributed by atoms with Crippen LogP contribution in [0, 0.1) is 18.3 Å². The molecule has 0 atom stereocenters. The minimum atomic E-state index is -0.195. The summed E-state index contributed by atoms with van der Waals surface area (Å²) in [6, 6.07) is 10.4. The molecule has 7 nitrogen and oxygen atoms in total. The SMILES string of the molecule is Cc1nnc(SCC(=O)C(C#N)=C2N(C)c3ccccc3N2C)n1C1CCCCC1. The van der Waals surface area contributed by atoms with Crippen LogP contribution < -0.4 is 9.80 Å². The number of carbonyl (C=O) groups is 1. The van der Waals surface area contributed by atoms with Crippen molar-refractivity contribution in [2.24, 2.45) is 0 Å². The summed E-state index contributed by atoms with van der Waals surface area (Å²) >= 11 is 1.38. The second-order valence-corrected chi connectivity index (χ2v) is 8.76. The highest BCUT2D eigenvalue weighted by Crippen LogP contribution is 2.40. The third-order valence-electron chi connectivity index (χ3n) is 5.96. The zero-order valence-electron chi connectivity index (χ0n) is 17.6. The zero-order chi connectivity index (χ0) is 21.3. The summed E-state index contributed by atoms with van der Waals surface area (Å²) in [4.78, 5) is 16.9. The van der Waals surface area contributed by atoms with Crippen LogP contribution in [-0.2, 0) is 4.79 Å². The first-order valence-corrected chi connectivity index (χ1v) is 11.3. The predicted molar refractivity (Wildman–Crippen MR) is 118 cm³/mol. The molecule has 0 saturated heterocycles. The van der Waals surface area contributed by atoms with Crippen molar-refractivity contribution in [3.05, 3.63) is 41.5 Å². The van der Waals surface area contributed by atoms with E-state index in [-0.39, 0.29) is 17.1 Å². The van der Waals surface area contributed by atoms with Crippen LogP contribution in [0.4, 0.5) is 11.4 Å². The number of aryl methyl sites for hydroxylation is 1. The van der Waals surface area contributed by atoms with Gasteiger partial charge in [-0.2, -0.15) is 5.26 Å². The molecule has 1 aliphatic heterocycles. The molecule has 2 aliphatic rings. The number of para-hydroxylation sites is 2. The molecule has 0 bridgehead atoms. The molecule has 0 N–H and O–H groups in total. The third-order valence-corrected chi connectivity index (χ3v) is 6.90. The lowest BCUT2D eigenvalue weighted by atomic mass is 9.95. The summed E-state index contributed by atoms with van der Waals surface area (Å²) in [7, 11) is 3.77. The maximum Gasteiger partial charge on any atom is 0.191 e. The Morgan fingerprint density at radius 3 is 2.37 bits per heavy atom. The number of fused-ring (bicyclic) bond motifs is 1. The van der Waals surface area contributed by atoms with Crippen LogP contribution >= 0.6 is 11.8 Å². The highest BCUT2D eigenvalue weighted by Gasteiger charge is 2.31. The molecule has 156 valence electrons. The van der Waals surface area contributed by atoms with Gasteiger partial charge in [-0.25, -0.2) is 0 Å². The smallest absolute Gasteiger partial charge is 0.191 e. The molecule has 0 spiro atoms. The van der Waals surface area contributed by atoms with Crippen LogP contribution in [0.2, 0.25) is 0 Å². The normalized spacial score (nSPS) is 16.5. The number of nitriles is 1. The summed E-state index contributed by atoms with van der Waals surface area (Å²) in [5, 5.41) is 19.1. The summed E-state index contributed by atoms with van der Waals surface area (Å²) in [6.07, 6.45) is 5.97. The van der Waals surface area contributed by atoms with Crippen LogP contribution in [0.5, 0.6) is 0 Å². The third kappa shape index (κ3) is 3.58. The number of rotatable bonds is 5. The monoisotopic (exact) mass is 422 g/mol. The maximum absolute atomic E-state index is 13.1. The van der Waals surface area contributed by atoms with Crippen LogP contribution in [0.15, 0.2) is 40.8 Å². The molecule has 2 aromatic rings. The average Bonchev–Trinajstić information content (AvgIpc) is 3.26. The number of hydrogen-bond acceptors (Lipinski definition) is 7. The molecule has 30 heavy (non-hydrogen) atoms. The first kappa shape index (κ1) is 20.5. The van der Waals surface area contributed by atoms with E-state index in [0.717, 1.165) is 35.2 Å². The average molecular weight is 423 g/mol. The van der Waals surface area contributed by atoms with Gasteiger partial charge in [0.2, 0.25) is 0 Å². The number of hydrogen-bond donors (Lipinski definition) is 0. The summed E-state index contributed by atoms with van der Waals surface area (Å²) in [5.74, 6) is 1.48. The standard InChI is InChI=1S/C22H26N6OS/c1-15-24-25-22(28(15)16-9-5-4-6-10-16)30-14-20(29)17(13-23)21-26(2)18-11-7-8-12-19(18)27(21)3/h7-8,11-12,16H,4-6,9-10,14H2,1-3H3. The quantitative estimate of drug-likeness (QED) is 0.408. The molecule has 8 heteroatoms. The Kier molecular flexibility index (Phi) is 5.82. The summed E-state index contributed by atoms with van der Waals surface area (Å²) < 4.78 is 2.18. The number of aromatic nitrogens is 3.